The minimum absolute atomic E-state index is 0.255. The molecule has 1 saturated carbocycles. The lowest BCUT2D eigenvalue weighted by Crippen LogP contribution is -2.44. The van der Waals surface area contributed by atoms with Crippen LogP contribution >= 0.6 is 0 Å². The van der Waals surface area contributed by atoms with Crippen LogP contribution in [0.5, 0.6) is 0 Å². The first-order valence-corrected chi connectivity index (χ1v) is 14.8. The van der Waals surface area contributed by atoms with E-state index >= 15 is 0 Å². The molecule has 0 radical (unpaired) electrons. The number of amides is 1. The van der Waals surface area contributed by atoms with Crippen LogP contribution in [0.25, 0.3) is 10.8 Å². The normalized spacial score (nSPS) is 22.4. The smallest absolute Gasteiger partial charge is 0.328 e. The molecule has 41 heavy (non-hydrogen) atoms. The predicted molar refractivity (Wildman–Crippen MR) is 161 cm³/mol. The maximum absolute atomic E-state index is 13.0. The average molecular weight is 561 g/mol. The first-order chi connectivity index (χ1) is 19.5. The highest BCUT2D eigenvalue weighted by Crippen LogP contribution is 2.36. The molecule has 2 aliphatic rings. The summed E-state index contributed by atoms with van der Waals surface area (Å²) >= 11 is 0. The Morgan fingerprint density at radius 3 is 2.51 bits per heavy atom. The van der Waals surface area contributed by atoms with Crippen molar-refractivity contribution in [1.82, 2.24) is 10.6 Å². The fourth-order valence-corrected chi connectivity index (χ4v) is 6.12. The number of fused-ring (bicyclic) bond motifs is 1. The number of hydrogen-bond acceptors (Lipinski definition) is 6. The summed E-state index contributed by atoms with van der Waals surface area (Å²) in [4.78, 5) is 37.5. The minimum Gasteiger partial charge on any atom is -0.467 e. The number of ether oxygens (including phenoxy) is 2. The molecule has 2 aromatic rings. The van der Waals surface area contributed by atoms with E-state index in [2.05, 4.69) is 66.1 Å². The lowest BCUT2D eigenvalue weighted by molar-refractivity contribution is -0.159. The van der Waals surface area contributed by atoms with Gasteiger partial charge in [-0.1, -0.05) is 67.1 Å². The highest BCUT2D eigenvalue weighted by molar-refractivity contribution is 5.99. The first-order valence-electron chi connectivity index (χ1n) is 14.8. The number of allylic oxidation sites excluding steroid dienone is 2. The van der Waals surface area contributed by atoms with Crippen LogP contribution in [0.4, 0.5) is 0 Å². The predicted octanol–water partition coefficient (Wildman–Crippen LogP) is 5.94. The van der Waals surface area contributed by atoms with Crippen LogP contribution in [0, 0.1) is 11.8 Å². The summed E-state index contributed by atoms with van der Waals surface area (Å²) in [6, 6.07) is 14.7. The molecule has 0 saturated heterocycles. The fraction of sp³-hybridized carbons (Fsp3) is 0.500. The van der Waals surface area contributed by atoms with Crippen LogP contribution in [-0.2, 0) is 23.9 Å². The van der Waals surface area contributed by atoms with E-state index in [9.17, 15) is 14.4 Å². The molecule has 1 fully saturated rings. The van der Waals surface area contributed by atoms with Crippen molar-refractivity contribution in [2.24, 2.45) is 11.8 Å². The third-order valence-corrected chi connectivity index (χ3v) is 8.07. The molecule has 0 bridgehead atoms. The molecule has 7 heteroatoms. The monoisotopic (exact) mass is 560 g/mol. The summed E-state index contributed by atoms with van der Waals surface area (Å²) in [6.07, 6.45) is 11.0. The second-order valence-electron chi connectivity index (χ2n) is 12.3. The van der Waals surface area contributed by atoms with E-state index < -0.39 is 29.5 Å². The maximum Gasteiger partial charge on any atom is 0.328 e. The molecule has 0 aromatic heterocycles. The zero-order valence-electron chi connectivity index (χ0n) is 24.9. The van der Waals surface area contributed by atoms with E-state index in [1.54, 1.807) is 20.8 Å². The number of nitrogens with one attached hydrogen (secondary N) is 2. The molecular formula is C34H44N2O5. The summed E-state index contributed by atoms with van der Waals surface area (Å²) in [7, 11) is 1.23. The van der Waals surface area contributed by atoms with Gasteiger partial charge in [-0.15, -0.1) is 0 Å². The number of carbonyl (C=O) groups excluding carboxylic acids is 3. The lowest BCUT2D eigenvalue weighted by Gasteiger charge is -2.36. The van der Waals surface area contributed by atoms with E-state index in [1.807, 2.05) is 12.2 Å². The summed E-state index contributed by atoms with van der Waals surface area (Å²) < 4.78 is 10.1. The quantitative estimate of drug-likeness (QED) is 0.369. The van der Waals surface area contributed by atoms with Gasteiger partial charge in [0.15, 0.2) is 0 Å². The Kier molecular flexibility index (Phi) is 10.0. The van der Waals surface area contributed by atoms with Crippen LogP contribution in [-0.4, -0.2) is 42.6 Å². The van der Waals surface area contributed by atoms with Gasteiger partial charge in [-0.3, -0.25) is 9.59 Å². The fourth-order valence-electron chi connectivity index (χ4n) is 6.12. The Hall–Kier alpha value is -3.45. The van der Waals surface area contributed by atoms with E-state index in [4.69, 9.17) is 9.47 Å². The molecule has 220 valence electrons. The van der Waals surface area contributed by atoms with Crippen LogP contribution in [0.2, 0.25) is 0 Å². The summed E-state index contributed by atoms with van der Waals surface area (Å²) in [5.41, 5.74) is 1.14. The lowest BCUT2D eigenvalue weighted by atomic mass is 9.74. The second kappa shape index (κ2) is 13.5. The van der Waals surface area contributed by atoms with Gasteiger partial charge < -0.3 is 20.1 Å². The van der Waals surface area contributed by atoms with Crippen molar-refractivity contribution in [3.8, 4) is 0 Å². The van der Waals surface area contributed by atoms with Crippen LogP contribution in [0.1, 0.15) is 77.8 Å². The van der Waals surface area contributed by atoms with Gasteiger partial charge in [0, 0.05) is 17.7 Å². The number of esters is 2. The van der Waals surface area contributed by atoms with Gasteiger partial charge in [0.05, 0.1) is 13.5 Å². The van der Waals surface area contributed by atoms with Gasteiger partial charge in [-0.25, -0.2) is 4.79 Å². The number of rotatable bonds is 9. The van der Waals surface area contributed by atoms with Crippen LogP contribution in [0.15, 0.2) is 66.3 Å². The van der Waals surface area contributed by atoms with E-state index in [1.165, 1.54) is 36.3 Å². The van der Waals surface area contributed by atoms with Crippen molar-refractivity contribution < 1.29 is 23.9 Å². The highest BCUT2D eigenvalue weighted by atomic mass is 16.6. The minimum atomic E-state index is -1.11. The molecule has 2 aliphatic carbocycles. The van der Waals surface area contributed by atoms with Gasteiger partial charge in [0.1, 0.15) is 11.6 Å². The topological polar surface area (TPSA) is 93.7 Å². The molecule has 4 rings (SSSR count). The third-order valence-electron chi connectivity index (χ3n) is 8.07. The molecule has 1 unspecified atom stereocenters. The van der Waals surface area contributed by atoms with E-state index in [0.29, 0.717) is 23.5 Å². The Bertz CT molecular complexity index is 1300. The molecule has 2 N–H and O–H groups in total. The number of benzene rings is 2. The number of methoxy groups -OCH3 is 1. The van der Waals surface area contributed by atoms with Crippen molar-refractivity contribution in [2.45, 2.75) is 89.9 Å². The Labute approximate surface area is 243 Å². The molecule has 7 nitrogen and oxygen atoms in total. The zero-order chi connectivity index (χ0) is 29.6. The van der Waals surface area contributed by atoms with Crippen molar-refractivity contribution >= 4 is 28.6 Å². The molecule has 0 heterocycles. The Morgan fingerprint density at radius 2 is 1.80 bits per heavy atom. The Morgan fingerprint density at radius 1 is 1.05 bits per heavy atom. The summed E-state index contributed by atoms with van der Waals surface area (Å²) in [5.74, 6) is -0.751. The van der Waals surface area contributed by atoms with Crippen LogP contribution in [0.3, 0.4) is 0 Å². The molecular weight excluding hydrogens is 516 g/mol. The van der Waals surface area contributed by atoms with Crippen molar-refractivity contribution in [1.29, 1.82) is 0 Å². The SMILES string of the molecule is COC(=O)[C@H](CC(=O)OC(C)(C)C)NC(=O)C1=CCC([C@H]2CCC[C@H](N[C@H](C)c3cccc4ccccc34)C2)C=C1. The van der Waals surface area contributed by atoms with Crippen molar-refractivity contribution in [3.05, 3.63) is 71.8 Å². The standard InChI is InChI=1S/C34H44N2O5/c1-22(28-15-9-11-24-10-6-7-14-29(24)28)35-27-13-8-12-26(20-27)23-16-18-25(19-17-23)32(38)36-30(33(39)40-5)21-31(37)41-34(2,3)4/h6-7,9-11,14-16,18-19,22-23,26-27,30,35H,8,12-13,17,20-21H2,1-5H3,(H,36,38)/t22-,23?,26+,27+,30+/m1/s1. The van der Waals surface area contributed by atoms with Gasteiger partial charge in [0.25, 0.3) is 5.91 Å². The molecule has 2 aromatic carbocycles. The molecule has 0 aliphatic heterocycles. The van der Waals surface area contributed by atoms with Gasteiger partial charge in [0.2, 0.25) is 0 Å². The van der Waals surface area contributed by atoms with E-state index in [0.717, 1.165) is 19.3 Å². The van der Waals surface area contributed by atoms with E-state index in [-0.39, 0.29) is 12.5 Å². The second-order valence-corrected chi connectivity index (χ2v) is 12.3. The molecule has 5 atom stereocenters. The average Bonchev–Trinajstić information content (AvgIpc) is 2.95. The van der Waals surface area contributed by atoms with Gasteiger partial charge in [-0.2, -0.15) is 0 Å². The third kappa shape index (κ3) is 8.29. The van der Waals surface area contributed by atoms with Gasteiger partial charge in [-0.05, 0) is 81.5 Å². The molecule has 0 spiro atoms. The summed E-state index contributed by atoms with van der Waals surface area (Å²) in [6.45, 7) is 7.51. The Balaban J connectivity index is 1.32. The maximum atomic E-state index is 13.0. The van der Waals surface area contributed by atoms with Gasteiger partial charge >= 0.3 is 11.9 Å². The molecule has 1 amide bonds. The van der Waals surface area contributed by atoms with Crippen molar-refractivity contribution in [2.75, 3.05) is 7.11 Å². The number of hydrogen-bond donors (Lipinski definition) is 2. The number of carbonyl (C=O) groups is 3. The zero-order valence-corrected chi connectivity index (χ0v) is 24.9. The first kappa shape index (κ1) is 30.5. The highest BCUT2D eigenvalue weighted by Gasteiger charge is 2.31. The largest absolute Gasteiger partial charge is 0.467 e. The van der Waals surface area contributed by atoms with Crippen molar-refractivity contribution in [3.63, 3.8) is 0 Å². The van der Waals surface area contributed by atoms with Crippen LogP contribution < -0.4 is 10.6 Å². The summed E-state index contributed by atoms with van der Waals surface area (Å²) in [5, 5.41) is 9.13.